The van der Waals surface area contributed by atoms with Crippen molar-refractivity contribution in [3.8, 4) is 11.1 Å². The summed E-state index contributed by atoms with van der Waals surface area (Å²) < 4.78 is 5.09. The van der Waals surface area contributed by atoms with Crippen LogP contribution >= 0.6 is 0 Å². The summed E-state index contributed by atoms with van der Waals surface area (Å²) in [6.45, 7) is 33.1. The molecule has 0 nitrogen and oxygen atoms in total. The topological polar surface area (TPSA) is 0 Å². The first kappa shape index (κ1) is 39.9. The first-order valence-electron chi connectivity index (χ1n) is 17.3. The van der Waals surface area contributed by atoms with Crippen LogP contribution in [0.15, 0.2) is 81.2 Å². The molecule has 0 N–H and O–H groups in total. The zero-order valence-electron chi connectivity index (χ0n) is 31.5. The maximum atomic E-state index is 2.81. The summed E-state index contributed by atoms with van der Waals surface area (Å²) in [5, 5.41) is 0. The summed E-state index contributed by atoms with van der Waals surface area (Å²) in [5.41, 5.74) is 15.6. The fraction of sp³-hybridized carbons (Fsp3) is 0.477. The van der Waals surface area contributed by atoms with E-state index in [-0.39, 0.29) is 46.5 Å². The normalized spacial score (nSPS) is 16.8. The van der Waals surface area contributed by atoms with Crippen LogP contribution in [0.1, 0.15) is 140 Å². The van der Waals surface area contributed by atoms with Crippen molar-refractivity contribution in [2.24, 2.45) is 11.3 Å². The molecule has 252 valence electrons. The third-order valence-electron chi connectivity index (χ3n) is 10.2. The van der Waals surface area contributed by atoms with E-state index < -0.39 is 21.3 Å². The van der Waals surface area contributed by atoms with E-state index in [0.29, 0.717) is 9.54 Å². The second-order valence-corrected chi connectivity index (χ2v) is 23.6. The SMILES string of the molecule is CCC1=[C](/[Zr+2](=[CH]/c2ccc(C(C)(C)C)cc2)[CH]2c3ccc(C(C)(C)C)cc3-c3cc(C(C)(C)C)ccc32)C(C)C=C1C(C)(C)C.[Cl-].[Cl-]. The van der Waals surface area contributed by atoms with Gasteiger partial charge in [0.05, 0.1) is 0 Å². The molecule has 0 saturated heterocycles. The van der Waals surface area contributed by atoms with Gasteiger partial charge in [-0.25, -0.2) is 0 Å². The molecule has 0 aromatic heterocycles. The predicted octanol–water partition coefficient (Wildman–Crippen LogP) is 6.41. The zero-order chi connectivity index (χ0) is 33.3. The predicted molar refractivity (Wildman–Crippen MR) is 195 cm³/mol. The molecule has 0 aliphatic heterocycles. The van der Waals surface area contributed by atoms with Gasteiger partial charge in [0.15, 0.2) is 0 Å². The number of hydrogen-bond acceptors (Lipinski definition) is 0. The minimum Gasteiger partial charge on any atom is -1.00 e. The van der Waals surface area contributed by atoms with Crippen molar-refractivity contribution in [1.29, 1.82) is 0 Å². The quantitative estimate of drug-likeness (QED) is 0.290. The van der Waals surface area contributed by atoms with Crippen LogP contribution in [-0.4, -0.2) is 3.71 Å². The molecule has 1 unspecified atom stereocenters. The summed E-state index contributed by atoms with van der Waals surface area (Å²) in [6, 6.07) is 24.6. The largest absolute Gasteiger partial charge is 1.00 e. The van der Waals surface area contributed by atoms with E-state index in [2.05, 4.69) is 167 Å². The molecule has 2 aliphatic rings. The number of hydrogen-bond donors (Lipinski definition) is 0. The summed E-state index contributed by atoms with van der Waals surface area (Å²) >= 11 is -2.59. The molecule has 0 heterocycles. The Labute approximate surface area is 307 Å². The number of benzene rings is 3. The monoisotopic (exact) mass is 746 g/mol. The van der Waals surface area contributed by atoms with Gasteiger partial charge in [-0.2, -0.15) is 0 Å². The molecule has 5 rings (SSSR count). The van der Waals surface area contributed by atoms with Crippen molar-refractivity contribution >= 4 is 3.71 Å². The van der Waals surface area contributed by atoms with Gasteiger partial charge in [-0.3, -0.25) is 0 Å². The fourth-order valence-corrected chi connectivity index (χ4v) is 16.4. The van der Waals surface area contributed by atoms with Crippen LogP contribution < -0.4 is 24.8 Å². The van der Waals surface area contributed by atoms with Crippen LogP contribution in [0.25, 0.3) is 11.1 Å². The van der Waals surface area contributed by atoms with Gasteiger partial charge in [-0.15, -0.1) is 0 Å². The van der Waals surface area contributed by atoms with Crippen LogP contribution in [0.3, 0.4) is 0 Å². The molecule has 0 fully saturated rings. The zero-order valence-corrected chi connectivity index (χ0v) is 35.5. The Kier molecular flexibility index (Phi) is 11.9. The molecule has 2 aliphatic carbocycles. The van der Waals surface area contributed by atoms with Crippen molar-refractivity contribution in [3.05, 3.63) is 115 Å². The Hall–Kier alpha value is -1.53. The second kappa shape index (κ2) is 14.0. The Balaban J connectivity index is 0.00000300. The molecule has 0 bridgehead atoms. The minimum atomic E-state index is -2.59. The molecule has 0 radical (unpaired) electrons. The van der Waals surface area contributed by atoms with Crippen LogP contribution in [-0.2, 0) is 37.5 Å². The van der Waals surface area contributed by atoms with Gasteiger partial charge in [-0.1, -0.05) is 0 Å². The number of fused-ring (bicyclic) bond motifs is 3. The van der Waals surface area contributed by atoms with Crippen molar-refractivity contribution in [1.82, 2.24) is 0 Å². The average molecular weight is 749 g/mol. The Morgan fingerprint density at radius 1 is 0.596 bits per heavy atom. The molecule has 3 aromatic rings. The molecule has 3 heteroatoms. The van der Waals surface area contributed by atoms with Gasteiger partial charge in [0, 0.05) is 0 Å². The first-order chi connectivity index (χ1) is 20.7. The molecule has 0 saturated carbocycles. The second-order valence-electron chi connectivity index (χ2n) is 17.9. The number of halogens is 2. The summed E-state index contributed by atoms with van der Waals surface area (Å²) in [7, 11) is 0. The van der Waals surface area contributed by atoms with Crippen LogP contribution in [0, 0.1) is 11.3 Å². The van der Waals surface area contributed by atoms with E-state index in [1.165, 1.54) is 33.4 Å². The summed E-state index contributed by atoms with van der Waals surface area (Å²) in [4.78, 5) is 0. The first-order valence-corrected chi connectivity index (χ1v) is 21.4. The molecular weight excluding hydrogens is 691 g/mol. The van der Waals surface area contributed by atoms with E-state index in [4.69, 9.17) is 0 Å². The van der Waals surface area contributed by atoms with Crippen molar-refractivity contribution < 1.29 is 46.1 Å². The van der Waals surface area contributed by atoms with E-state index >= 15 is 0 Å². The summed E-state index contributed by atoms with van der Waals surface area (Å²) in [5.74, 6) is 0.490. The standard InChI is InChI=1S/C21H25.C12H19.C11H14.2ClH.Zr/c1-20(2,3)16-9-7-14-11-15-8-10-17(21(4,5)6)13-19(15)18(14)12-16;1-6-10-7-9(2)8-11(10)12(3,4)5;1-9-5-7-10(8-6-9)11(2,3)4;;;/h7-13H,1-6H3;8-9H,6H2,1-5H3;1,5-8H,2-4H3;2*1H;/q;;;;;+2/p-2. The van der Waals surface area contributed by atoms with Crippen LogP contribution in [0.2, 0.25) is 0 Å². The third kappa shape index (κ3) is 7.95. The third-order valence-corrected chi connectivity index (χ3v) is 18.2. The van der Waals surface area contributed by atoms with Gasteiger partial charge in [-0.05, 0) is 0 Å². The molecule has 3 aromatic carbocycles. The smallest absolute Gasteiger partial charge is 1.00 e. The Morgan fingerprint density at radius 3 is 1.40 bits per heavy atom. The molecule has 0 amide bonds. The maximum Gasteiger partial charge on any atom is -1.00 e. The number of allylic oxidation sites excluding steroid dienone is 4. The van der Waals surface area contributed by atoms with E-state index in [1.807, 2.05) is 3.28 Å². The van der Waals surface area contributed by atoms with Gasteiger partial charge in [0.25, 0.3) is 0 Å². The van der Waals surface area contributed by atoms with Gasteiger partial charge in [0.1, 0.15) is 0 Å². The summed E-state index contributed by atoms with van der Waals surface area (Å²) in [6.07, 6.45) is 3.75. The van der Waals surface area contributed by atoms with Crippen LogP contribution in [0.4, 0.5) is 0 Å². The molecule has 1 atom stereocenters. The van der Waals surface area contributed by atoms with E-state index in [0.717, 1.165) is 6.42 Å². The number of rotatable bonds is 4. The Morgan fingerprint density at radius 2 is 1.02 bits per heavy atom. The van der Waals surface area contributed by atoms with E-state index in [9.17, 15) is 0 Å². The van der Waals surface area contributed by atoms with Gasteiger partial charge < -0.3 is 24.8 Å². The molecule has 0 spiro atoms. The van der Waals surface area contributed by atoms with Crippen molar-refractivity contribution in [2.75, 3.05) is 0 Å². The maximum absolute atomic E-state index is 2.81. The molecule has 47 heavy (non-hydrogen) atoms. The average Bonchev–Trinajstić information content (AvgIpc) is 3.44. The van der Waals surface area contributed by atoms with Gasteiger partial charge in [0.2, 0.25) is 0 Å². The van der Waals surface area contributed by atoms with Crippen molar-refractivity contribution in [3.63, 3.8) is 0 Å². The van der Waals surface area contributed by atoms with Crippen LogP contribution in [0.5, 0.6) is 0 Å². The van der Waals surface area contributed by atoms with Gasteiger partial charge >= 0.3 is 285 Å². The van der Waals surface area contributed by atoms with E-state index in [1.54, 1.807) is 22.3 Å². The molecular formula is C44H58Cl2Zr. The van der Waals surface area contributed by atoms with Crippen molar-refractivity contribution in [2.45, 2.75) is 123 Å². The fourth-order valence-electron chi connectivity index (χ4n) is 7.47. The minimum absolute atomic E-state index is 0. The Bertz CT molecular complexity index is 1640.